The Morgan fingerprint density at radius 2 is 1.59 bits per heavy atom. The molecule has 8 nitrogen and oxygen atoms in total. The Balaban J connectivity index is 1.30. The lowest BCUT2D eigenvalue weighted by Gasteiger charge is -2.46. The van der Waals surface area contributed by atoms with E-state index in [0.717, 1.165) is 25.7 Å². The van der Waals surface area contributed by atoms with Gasteiger partial charge in [0, 0.05) is 30.6 Å². The van der Waals surface area contributed by atoms with E-state index in [9.17, 15) is 9.59 Å². The van der Waals surface area contributed by atoms with Gasteiger partial charge in [-0.1, -0.05) is 86.6 Å². The van der Waals surface area contributed by atoms with Gasteiger partial charge in [-0.25, -0.2) is 4.98 Å². The molecule has 0 bridgehead atoms. The summed E-state index contributed by atoms with van der Waals surface area (Å²) < 4.78 is 14.6. The monoisotopic (exact) mass is 606 g/mol. The summed E-state index contributed by atoms with van der Waals surface area (Å²) in [6.45, 7) is 8.67. The number of aromatic nitrogens is 3. The number of nitrogens with one attached hydrogen (secondary N) is 1. The normalized spacial score (nSPS) is 17.5. The molecule has 1 aliphatic carbocycles. The van der Waals surface area contributed by atoms with Crippen LogP contribution in [0.5, 0.6) is 0 Å². The molecule has 44 heavy (non-hydrogen) atoms. The summed E-state index contributed by atoms with van der Waals surface area (Å²) in [5.41, 5.74) is 0.908. The molecule has 6 rings (SSSR count). The number of nitrogens with zero attached hydrogens (tertiary/aromatic N) is 3. The van der Waals surface area contributed by atoms with Crippen molar-refractivity contribution >= 4 is 41.5 Å². The van der Waals surface area contributed by atoms with Gasteiger partial charge < -0.3 is 13.5 Å². The Morgan fingerprint density at radius 3 is 2.16 bits per heavy atom. The zero-order valence-corrected chi connectivity index (χ0v) is 26.6. The highest BCUT2D eigenvalue weighted by Crippen LogP contribution is 2.40. The number of aryl methyl sites for hydroxylation is 1. The maximum Gasteiger partial charge on any atom is 0.263 e. The summed E-state index contributed by atoms with van der Waals surface area (Å²) in [6.07, 6.45) is 6.80. The zero-order chi connectivity index (χ0) is 30.9. The molecular formula is C35H38N4O4Si. The van der Waals surface area contributed by atoms with Crippen LogP contribution >= 0.6 is 0 Å². The molecule has 0 unspecified atom stereocenters. The quantitative estimate of drug-likeness (QED) is 0.228. The maximum absolute atomic E-state index is 13.4. The van der Waals surface area contributed by atoms with Crippen LogP contribution in [0.25, 0.3) is 11.0 Å². The van der Waals surface area contributed by atoms with E-state index in [0.29, 0.717) is 16.7 Å². The molecule has 9 heteroatoms. The van der Waals surface area contributed by atoms with E-state index in [1.807, 2.05) is 4.57 Å². The van der Waals surface area contributed by atoms with E-state index in [2.05, 4.69) is 96.9 Å². The Kier molecular flexibility index (Phi) is 8.09. The molecule has 1 amide bonds. The number of fused-ring (bicyclic) bond motifs is 1. The number of hydrogen-bond acceptors (Lipinski definition) is 6. The van der Waals surface area contributed by atoms with Crippen molar-refractivity contribution in [2.45, 2.75) is 70.6 Å². The SMILES string of the molecule is Cc1cc(NC(=O)c2cn(C3CCC(O[Si](c4ccccc4)(c4ccccc4)C(C)(C)C)CC3)c3ncccc3c2=O)on1. The molecule has 0 atom stereocenters. The third-order valence-electron chi connectivity index (χ3n) is 8.70. The van der Waals surface area contributed by atoms with Crippen LogP contribution < -0.4 is 21.1 Å². The summed E-state index contributed by atoms with van der Waals surface area (Å²) in [4.78, 5) is 31.2. The van der Waals surface area contributed by atoms with Crippen LogP contribution in [-0.2, 0) is 4.43 Å². The summed E-state index contributed by atoms with van der Waals surface area (Å²) in [7, 11) is -2.68. The molecule has 0 spiro atoms. The van der Waals surface area contributed by atoms with Gasteiger partial charge in [0.05, 0.1) is 11.1 Å². The summed E-state index contributed by atoms with van der Waals surface area (Å²) in [6, 6.07) is 26.6. The molecule has 0 aliphatic heterocycles. The molecule has 3 heterocycles. The van der Waals surface area contributed by atoms with Crippen molar-refractivity contribution in [3.8, 4) is 0 Å². The second-order valence-electron chi connectivity index (χ2n) is 12.7. The van der Waals surface area contributed by atoms with Gasteiger partial charge in [0.25, 0.3) is 14.2 Å². The first-order valence-corrected chi connectivity index (χ1v) is 17.1. The molecule has 5 aromatic rings. The molecule has 1 fully saturated rings. The van der Waals surface area contributed by atoms with Crippen LogP contribution in [0.1, 0.15) is 68.5 Å². The largest absolute Gasteiger partial charge is 0.404 e. The minimum Gasteiger partial charge on any atom is -0.404 e. The number of anilines is 1. The smallest absolute Gasteiger partial charge is 0.263 e. The first-order chi connectivity index (χ1) is 21.2. The number of carbonyl (C=O) groups is 1. The van der Waals surface area contributed by atoms with Crippen molar-refractivity contribution in [1.82, 2.24) is 14.7 Å². The highest BCUT2D eigenvalue weighted by atomic mass is 28.4. The number of benzene rings is 2. The number of pyridine rings is 2. The van der Waals surface area contributed by atoms with Crippen molar-refractivity contribution in [2.24, 2.45) is 0 Å². The van der Waals surface area contributed by atoms with Crippen LogP contribution in [-0.4, -0.2) is 35.0 Å². The van der Waals surface area contributed by atoms with Crippen molar-refractivity contribution in [1.29, 1.82) is 0 Å². The van der Waals surface area contributed by atoms with Crippen LogP contribution in [0.2, 0.25) is 5.04 Å². The van der Waals surface area contributed by atoms with Gasteiger partial charge in [0.15, 0.2) is 0 Å². The third kappa shape index (κ3) is 5.53. The van der Waals surface area contributed by atoms with Crippen molar-refractivity contribution in [2.75, 3.05) is 5.32 Å². The fourth-order valence-electron chi connectivity index (χ4n) is 6.61. The van der Waals surface area contributed by atoms with E-state index >= 15 is 0 Å². The highest BCUT2D eigenvalue weighted by Gasteiger charge is 2.51. The highest BCUT2D eigenvalue weighted by molar-refractivity contribution is 6.99. The topological polar surface area (TPSA) is 99.2 Å². The Morgan fingerprint density at radius 1 is 0.955 bits per heavy atom. The second kappa shape index (κ2) is 12.0. The van der Waals surface area contributed by atoms with Gasteiger partial charge in [-0.05, 0) is 60.2 Å². The van der Waals surface area contributed by atoms with Gasteiger partial charge in [-0.2, -0.15) is 0 Å². The number of rotatable bonds is 7. The Hall–Kier alpha value is -4.34. The van der Waals surface area contributed by atoms with Gasteiger partial charge in [-0.15, -0.1) is 0 Å². The van der Waals surface area contributed by atoms with E-state index in [1.54, 1.807) is 37.5 Å². The average molecular weight is 607 g/mol. The second-order valence-corrected chi connectivity index (χ2v) is 16.9. The van der Waals surface area contributed by atoms with Gasteiger partial charge >= 0.3 is 0 Å². The van der Waals surface area contributed by atoms with Gasteiger partial charge in [-0.3, -0.25) is 14.9 Å². The third-order valence-corrected chi connectivity index (χ3v) is 13.8. The van der Waals surface area contributed by atoms with Crippen LogP contribution in [0.4, 0.5) is 5.88 Å². The fraction of sp³-hybridized carbons (Fsp3) is 0.314. The minimum absolute atomic E-state index is 0.0465. The van der Waals surface area contributed by atoms with Gasteiger partial charge in [0.1, 0.15) is 11.2 Å². The van der Waals surface area contributed by atoms with Crippen molar-refractivity contribution < 1.29 is 13.7 Å². The summed E-state index contributed by atoms with van der Waals surface area (Å²) in [5.74, 6) is -0.333. The molecule has 1 aliphatic rings. The molecule has 0 radical (unpaired) electrons. The van der Waals surface area contributed by atoms with Crippen LogP contribution in [0.15, 0.2) is 101 Å². The Labute approximate surface area is 258 Å². The summed E-state index contributed by atoms with van der Waals surface area (Å²) >= 11 is 0. The zero-order valence-electron chi connectivity index (χ0n) is 25.6. The van der Waals surface area contributed by atoms with E-state index in [-0.39, 0.29) is 34.1 Å². The fourth-order valence-corrected chi connectivity index (χ4v) is 11.4. The molecule has 1 saturated carbocycles. The Bertz CT molecular complexity index is 1780. The summed E-state index contributed by atoms with van der Waals surface area (Å²) in [5, 5.41) is 9.36. The van der Waals surface area contributed by atoms with Gasteiger partial charge in [0.2, 0.25) is 11.3 Å². The molecular weight excluding hydrogens is 568 g/mol. The maximum atomic E-state index is 13.4. The molecule has 1 N–H and O–H groups in total. The van der Waals surface area contributed by atoms with E-state index < -0.39 is 14.2 Å². The predicted octanol–water partition coefficient (Wildman–Crippen LogP) is 6.01. The van der Waals surface area contributed by atoms with E-state index in [4.69, 9.17) is 8.95 Å². The van der Waals surface area contributed by atoms with E-state index in [1.165, 1.54) is 10.4 Å². The number of carbonyl (C=O) groups excluding carboxylic acids is 1. The molecule has 0 saturated heterocycles. The first-order valence-electron chi connectivity index (χ1n) is 15.2. The molecule has 3 aromatic heterocycles. The molecule has 226 valence electrons. The average Bonchev–Trinajstić information content (AvgIpc) is 3.44. The number of hydrogen-bond donors (Lipinski definition) is 1. The van der Waals surface area contributed by atoms with Crippen LogP contribution in [0.3, 0.4) is 0 Å². The van der Waals surface area contributed by atoms with Crippen molar-refractivity contribution in [3.63, 3.8) is 0 Å². The van der Waals surface area contributed by atoms with Crippen LogP contribution in [0, 0.1) is 6.92 Å². The predicted molar refractivity (Wildman–Crippen MR) is 175 cm³/mol. The number of amides is 1. The lowest BCUT2D eigenvalue weighted by molar-refractivity contribution is 0.102. The molecule has 2 aromatic carbocycles. The van der Waals surface area contributed by atoms with Crippen molar-refractivity contribution in [3.05, 3.63) is 113 Å². The standard InChI is InChI=1S/C35H38N4O4Si/c1-24-22-31(42-38-24)37-34(41)30-23-39(33-29(32(30)40)16-11-21-36-33)25-17-19-26(20-18-25)43-44(35(2,3)4,27-12-7-5-8-13-27)28-14-9-6-10-15-28/h5-16,21-23,25-26H,17-20H2,1-4H3,(H,37,41). The lowest BCUT2D eigenvalue weighted by atomic mass is 9.92. The lowest BCUT2D eigenvalue weighted by Crippen LogP contribution is -2.67. The minimum atomic E-state index is -2.68. The first kappa shape index (κ1) is 29.7.